The summed E-state index contributed by atoms with van der Waals surface area (Å²) >= 11 is 0. The van der Waals surface area contributed by atoms with Crippen molar-refractivity contribution >= 4 is 15.9 Å². The Hall–Kier alpha value is -1.32. The summed E-state index contributed by atoms with van der Waals surface area (Å²) in [5.41, 5.74) is 6.92. The fraction of sp³-hybridized carbons (Fsp3) is 0.400. The average molecular weight is 297 g/mol. The zero-order chi connectivity index (χ0) is 14.7. The molecule has 0 heterocycles. The molecule has 0 aliphatic heterocycles. The molecule has 0 aromatic heterocycles. The SMILES string of the molecule is Cc1cccc(NS(=O)(=O)NCC(F)(F)F)c1CN. The van der Waals surface area contributed by atoms with E-state index in [9.17, 15) is 21.6 Å². The van der Waals surface area contributed by atoms with E-state index < -0.39 is 22.9 Å². The van der Waals surface area contributed by atoms with Gasteiger partial charge in [0.1, 0.15) is 6.54 Å². The van der Waals surface area contributed by atoms with Crippen LogP contribution in [0.25, 0.3) is 0 Å². The molecule has 0 spiro atoms. The van der Waals surface area contributed by atoms with Crippen LogP contribution in [0.5, 0.6) is 0 Å². The lowest BCUT2D eigenvalue weighted by molar-refractivity contribution is -0.121. The molecular weight excluding hydrogens is 283 g/mol. The molecule has 0 bridgehead atoms. The van der Waals surface area contributed by atoms with Gasteiger partial charge in [0, 0.05) is 6.54 Å². The smallest absolute Gasteiger partial charge is 0.326 e. The van der Waals surface area contributed by atoms with Crippen LogP contribution in [0.4, 0.5) is 18.9 Å². The van der Waals surface area contributed by atoms with E-state index in [1.165, 1.54) is 10.8 Å². The summed E-state index contributed by atoms with van der Waals surface area (Å²) in [5, 5.41) is 0. The Morgan fingerprint density at radius 1 is 1.32 bits per heavy atom. The van der Waals surface area contributed by atoms with Crippen LogP contribution >= 0.6 is 0 Å². The summed E-state index contributed by atoms with van der Waals surface area (Å²) < 4.78 is 62.3. The van der Waals surface area contributed by atoms with E-state index in [1.807, 2.05) is 4.72 Å². The normalized spacial score (nSPS) is 12.5. The molecule has 0 amide bonds. The molecule has 0 aliphatic carbocycles. The van der Waals surface area contributed by atoms with Crippen LogP contribution in [0, 0.1) is 6.92 Å². The van der Waals surface area contributed by atoms with Gasteiger partial charge in [0.15, 0.2) is 0 Å². The van der Waals surface area contributed by atoms with Crippen LogP contribution in [0.2, 0.25) is 0 Å². The Morgan fingerprint density at radius 3 is 2.47 bits per heavy atom. The molecule has 0 atom stereocenters. The van der Waals surface area contributed by atoms with Gasteiger partial charge in [-0.15, -0.1) is 0 Å². The molecule has 0 saturated heterocycles. The number of nitrogens with two attached hydrogens (primary N) is 1. The molecule has 19 heavy (non-hydrogen) atoms. The Labute approximate surface area is 109 Å². The topological polar surface area (TPSA) is 84.2 Å². The monoisotopic (exact) mass is 297 g/mol. The van der Waals surface area contributed by atoms with Gasteiger partial charge < -0.3 is 5.73 Å². The Kier molecular flexibility index (Phi) is 4.77. The largest absolute Gasteiger partial charge is 0.402 e. The Balaban J connectivity index is 2.87. The lowest BCUT2D eigenvalue weighted by Crippen LogP contribution is -2.37. The number of rotatable bonds is 5. The number of anilines is 1. The molecule has 0 fully saturated rings. The predicted octanol–water partition coefficient (Wildman–Crippen LogP) is 1.26. The van der Waals surface area contributed by atoms with Crippen molar-refractivity contribution in [2.45, 2.75) is 19.6 Å². The number of hydrogen-bond donors (Lipinski definition) is 3. The van der Waals surface area contributed by atoms with E-state index >= 15 is 0 Å². The fourth-order valence-electron chi connectivity index (χ4n) is 1.43. The number of benzene rings is 1. The second-order valence-corrected chi connectivity index (χ2v) is 5.35. The number of nitrogens with one attached hydrogen (secondary N) is 2. The van der Waals surface area contributed by atoms with Crippen molar-refractivity contribution < 1.29 is 21.6 Å². The van der Waals surface area contributed by atoms with Crippen LogP contribution in [-0.2, 0) is 16.8 Å². The van der Waals surface area contributed by atoms with Crippen LogP contribution in [0.1, 0.15) is 11.1 Å². The van der Waals surface area contributed by atoms with Crippen molar-refractivity contribution in [2.24, 2.45) is 5.73 Å². The molecule has 4 N–H and O–H groups in total. The van der Waals surface area contributed by atoms with E-state index in [4.69, 9.17) is 5.73 Å². The maximum Gasteiger partial charge on any atom is 0.402 e. The van der Waals surface area contributed by atoms with Crippen molar-refractivity contribution in [1.82, 2.24) is 4.72 Å². The van der Waals surface area contributed by atoms with Gasteiger partial charge in [-0.05, 0) is 24.1 Å². The lowest BCUT2D eigenvalue weighted by atomic mass is 10.1. The number of hydrogen-bond acceptors (Lipinski definition) is 3. The predicted molar refractivity (Wildman–Crippen MR) is 65.7 cm³/mol. The summed E-state index contributed by atoms with van der Waals surface area (Å²) in [7, 11) is -4.29. The fourth-order valence-corrected chi connectivity index (χ4v) is 2.33. The second-order valence-electron chi connectivity index (χ2n) is 3.85. The van der Waals surface area contributed by atoms with E-state index in [1.54, 1.807) is 19.1 Å². The van der Waals surface area contributed by atoms with E-state index in [0.29, 0.717) is 5.56 Å². The van der Waals surface area contributed by atoms with Crippen LogP contribution in [-0.4, -0.2) is 21.1 Å². The minimum absolute atomic E-state index is 0.0732. The third-order valence-electron chi connectivity index (χ3n) is 2.32. The average Bonchev–Trinajstić information content (AvgIpc) is 2.26. The maximum atomic E-state index is 12.0. The van der Waals surface area contributed by atoms with Gasteiger partial charge in [0.2, 0.25) is 0 Å². The van der Waals surface area contributed by atoms with Crippen molar-refractivity contribution in [3.63, 3.8) is 0 Å². The van der Waals surface area contributed by atoms with Gasteiger partial charge in [-0.3, -0.25) is 4.72 Å². The quantitative estimate of drug-likeness (QED) is 0.765. The van der Waals surface area contributed by atoms with Gasteiger partial charge >= 0.3 is 6.18 Å². The van der Waals surface area contributed by atoms with Crippen LogP contribution in [0.3, 0.4) is 0 Å². The second kappa shape index (κ2) is 5.76. The lowest BCUT2D eigenvalue weighted by Gasteiger charge is -2.14. The molecule has 0 saturated carbocycles. The van der Waals surface area contributed by atoms with Crippen molar-refractivity contribution in [3.05, 3.63) is 29.3 Å². The molecular formula is C10H14F3N3O2S. The zero-order valence-corrected chi connectivity index (χ0v) is 10.9. The van der Waals surface area contributed by atoms with Crippen molar-refractivity contribution in [2.75, 3.05) is 11.3 Å². The Morgan fingerprint density at radius 2 is 1.95 bits per heavy atom. The first-order valence-corrected chi connectivity index (χ1v) is 6.75. The third-order valence-corrected chi connectivity index (χ3v) is 3.33. The minimum Gasteiger partial charge on any atom is -0.326 e. The highest BCUT2D eigenvalue weighted by Crippen LogP contribution is 2.20. The summed E-state index contributed by atoms with van der Waals surface area (Å²) in [6, 6.07) is 4.74. The Bertz CT molecular complexity index is 543. The summed E-state index contributed by atoms with van der Waals surface area (Å²) in [5.74, 6) is 0. The molecule has 1 aromatic carbocycles. The standard InChI is InChI=1S/C10H14F3N3O2S/c1-7-3-2-4-9(8(7)5-14)16-19(17,18)15-6-10(11,12)13/h2-4,15-16H,5-6,14H2,1H3. The van der Waals surface area contributed by atoms with Crippen molar-refractivity contribution in [1.29, 1.82) is 0 Å². The number of alkyl halides is 3. The van der Waals surface area contributed by atoms with E-state index in [0.717, 1.165) is 5.56 Å². The number of aryl methyl sites for hydroxylation is 1. The van der Waals surface area contributed by atoms with Crippen molar-refractivity contribution in [3.8, 4) is 0 Å². The van der Waals surface area contributed by atoms with Gasteiger partial charge in [-0.25, -0.2) is 0 Å². The molecule has 5 nitrogen and oxygen atoms in total. The van der Waals surface area contributed by atoms with Gasteiger partial charge in [0.25, 0.3) is 10.2 Å². The molecule has 1 rings (SSSR count). The van der Waals surface area contributed by atoms with Crippen LogP contribution < -0.4 is 15.2 Å². The van der Waals surface area contributed by atoms with Gasteiger partial charge in [-0.1, -0.05) is 12.1 Å². The summed E-state index contributed by atoms with van der Waals surface area (Å²) in [6.07, 6.45) is -4.61. The maximum absolute atomic E-state index is 12.0. The van der Waals surface area contributed by atoms with Gasteiger partial charge in [-0.2, -0.15) is 26.3 Å². The number of halogens is 3. The highest BCUT2D eigenvalue weighted by molar-refractivity contribution is 7.90. The van der Waals surface area contributed by atoms with Gasteiger partial charge in [0.05, 0.1) is 5.69 Å². The first kappa shape index (κ1) is 15.7. The summed E-state index contributed by atoms with van der Waals surface area (Å²) in [4.78, 5) is 0. The zero-order valence-electron chi connectivity index (χ0n) is 10.1. The first-order valence-electron chi connectivity index (χ1n) is 5.27. The molecule has 9 heteroatoms. The van der Waals surface area contributed by atoms with Crippen LogP contribution in [0.15, 0.2) is 18.2 Å². The third kappa shape index (κ3) is 5.05. The molecule has 0 radical (unpaired) electrons. The first-order chi connectivity index (χ1) is 8.64. The van der Waals surface area contributed by atoms with E-state index in [-0.39, 0.29) is 12.2 Å². The molecule has 108 valence electrons. The minimum atomic E-state index is -4.61. The molecule has 0 unspecified atom stereocenters. The highest BCUT2D eigenvalue weighted by atomic mass is 32.2. The summed E-state index contributed by atoms with van der Waals surface area (Å²) in [6.45, 7) is 0.166. The van der Waals surface area contributed by atoms with E-state index in [2.05, 4.69) is 0 Å². The molecule has 0 aliphatic rings. The molecule has 1 aromatic rings. The highest BCUT2D eigenvalue weighted by Gasteiger charge is 2.29.